The maximum absolute atomic E-state index is 11.0. The summed E-state index contributed by atoms with van der Waals surface area (Å²) in [5, 5.41) is 9.05. The summed E-state index contributed by atoms with van der Waals surface area (Å²) in [6.07, 6.45) is 0. The molecule has 0 atom stereocenters. The van der Waals surface area contributed by atoms with Gasteiger partial charge in [0.05, 0.1) is 12.2 Å². The van der Waals surface area contributed by atoms with Crippen molar-refractivity contribution in [1.82, 2.24) is 0 Å². The number of hydrogen-bond acceptors (Lipinski definition) is 3. The van der Waals surface area contributed by atoms with E-state index in [1.54, 1.807) is 12.1 Å². The molecule has 3 rings (SSSR count). The molecule has 0 saturated carbocycles. The highest BCUT2D eigenvalue weighted by Crippen LogP contribution is 2.45. The number of carboxylic acids is 1. The lowest BCUT2D eigenvalue weighted by atomic mass is 9.84. The third-order valence-corrected chi connectivity index (χ3v) is 4.98. The summed E-state index contributed by atoms with van der Waals surface area (Å²) in [6, 6.07) is 9.16. The van der Waals surface area contributed by atoms with Gasteiger partial charge in [-0.05, 0) is 55.3 Å². The molecule has 4 heteroatoms. The lowest BCUT2D eigenvalue weighted by Crippen LogP contribution is -2.19. The normalized spacial score (nSPS) is 14.9. The first-order chi connectivity index (χ1) is 11.2. The van der Waals surface area contributed by atoms with E-state index in [1.165, 1.54) is 16.7 Å². The summed E-state index contributed by atoms with van der Waals surface area (Å²) in [5.74, 6) is 0.100. The van der Waals surface area contributed by atoms with Gasteiger partial charge in [0.15, 0.2) is 0 Å². The summed E-state index contributed by atoms with van der Waals surface area (Å²) in [7, 11) is 2.01. The molecule has 2 aromatic carbocycles. The van der Waals surface area contributed by atoms with Crippen LogP contribution < -0.4 is 9.64 Å². The third kappa shape index (κ3) is 2.52. The Labute approximate surface area is 142 Å². The molecule has 0 amide bonds. The van der Waals surface area contributed by atoms with Gasteiger partial charge in [-0.2, -0.15) is 0 Å². The van der Waals surface area contributed by atoms with Crippen molar-refractivity contribution >= 4 is 17.3 Å². The summed E-state index contributed by atoms with van der Waals surface area (Å²) >= 11 is 0. The molecule has 2 aromatic rings. The highest BCUT2D eigenvalue weighted by atomic mass is 16.5. The molecule has 1 N–H and O–H groups in total. The van der Waals surface area contributed by atoms with E-state index in [2.05, 4.69) is 38.7 Å². The first-order valence-electron chi connectivity index (χ1n) is 8.07. The van der Waals surface area contributed by atoms with E-state index in [9.17, 15) is 4.79 Å². The second kappa shape index (κ2) is 5.55. The fourth-order valence-corrected chi connectivity index (χ4v) is 3.21. The van der Waals surface area contributed by atoms with Crippen molar-refractivity contribution in [3.63, 3.8) is 0 Å². The van der Waals surface area contributed by atoms with E-state index in [-0.39, 0.29) is 5.41 Å². The summed E-state index contributed by atoms with van der Waals surface area (Å²) < 4.78 is 5.92. The molecule has 0 unspecified atom stereocenters. The van der Waals surface area contributed by atoms with Crippen molar-refractivity contribution in [1.29, 1.82) is 0 Å². The summed E-state index contributed by atoms with van der Waals surface area (Å²) in [5.41, 5.74) is 5.94. The standard InChI is InChI=1S/C20H23NO3/c1-12-13(2)18-16(20(3,4)11-24-18)10-17(12)21(5)15-8-6-14(7-9-15)19(22)23/h6-10H,11H2,1-5H3,(H,22,23). The number of ether oxygens (including phenoxy) is 1. The topological polar surface area (TPSA) is 49.8 Å². The minimum Gasteiger partial charge on any atom is -0.492 e. The molecular formula is C20H23NO3. The van der Waals surface area contributed by atoms with Gasteiger partial charge in [-0.3, -0.25) is 0 Å². The lowest BCUT2D eigenvalue weighted by Gasteiger charge is -2.25. The highest BCUT2D eigenvalue weighted by Gasteiger charge is 2.34. The number of aromatic carboxylic acids is 1. The van der Waals surface area contributed by atoms with Crippen LogP contribution in [-0.4, -0.2) is 24.7 Å². The Hall–Kier alpha value is -2.49. The van der Waals surface area contributed by atoms with E-state index in [4.69, 9.17) is 9.84 Å². The number of benzene rings is 2. The Kier molecular flexibility index (Phi) is 3.78. The zero-order chi connectivity index (χ0) is 17.6. The Morgan fingerprint density at radius 1 is 1.17 bits per heavy atom. The van der Waals surface area contributed by atoms with E-state index in [0.717, 1.165) is 17.1 Å². The average molecular weight is 325 g/mol. The minimum atomic E-state index is -0.910. The molecule has 1 aliphatic rings. The number of fused-ring (bicyclic) bond motifs is 1. The minimum absolute atomic E-state index is 0.00342. The molecule has 4 nitrogen and oxygen atoms in total. The quantitative estimate of drug-likeness (QED) is 0.906. The van der Waals surface area contributed by atoms with Crippen LogP contribution in [0, 0.1) is 13.8 Å². The van der Waals surface area contributed by atoms with E-state index in [0.29, 0.717) is 12.2 Å². The second-order valence-electron chi connectivity index (χ2n) is 7.11. The predicted octanol–water partition coefficient (Wildman–Crippen LogP) is 4.44. The van der Waals surface area contributed by atoms with Crippen LogP contribution in [0.3, 0.4) is 0 Å². The highest BCUT2D eigenvalue weighted by molar-refractivity contribution is 5.88. The maximum atomic E-state index is 11.0. The molecule has 0 fully saturated rings. The van der Waals surface area contributed by atoms with Crippen molar-refractivity contribution in [3.8, 4) is 5.75 Å². The number of anilines is 2. The van der Waals surface area contributed by atoms with Crippen molar-refractivity contribution in [2.24, 2.45) is 0 Å². The number of rotatable bonds is 3. The Morgan fingerprint density at radius 3 is 2.38 bits per heavy atom. The Balaban J connectivity index is 2.06. The second-order valence-corrected chi connectivity index (χ2v) is 7.11. The van der Waals surface area contributed by atoms with Gasteiger partial charge >= 0.3 is 5.97 Å². The van der Waals surface area contributed by atoms with Crippen LogP contribution in [0.25, 0.3) is 0 Å². The number of carboxylic acid groups (broad SMARTS) is 1. The van der Waals surface area contributed by atoms with Crippen molar-refractivity contribution < 1.29 is 14.6 Å². The zero-order valence-electron chi connectivity index (χ0n) is 14.8. The van der Waals surface area contributed by atoms with Crippen molar-refractivity contribution in [2.45, 2.75) is 33.1 Å². The van der Waals surface area contributed by atoms with Crippen LogP contribution in [0.2, 0.25) is 0 Å². The molecule has 0 aromatic heterocycles. The molecule has 0 aliphatic carbocycles. The molecule has 24 heavy (non-hydrogen) atoms. The van der Waals surface area contributed by atoms with Gasteiger partial charge < -0.3 is 14.7 Å². The number of hydrogen-bond donors (Lipinski definition) is 1. The first kappa shape index (κ1) is 16.4. The number of carbonyl (C=O) groups is 1. The monoisotopic (exact) mass is 325 g/mol. The van der Waals surface area contributed by atoms with Gasteiger partial charge in [-0.15, -0.1) is 0 Å². The maximum Gasteiger partial charge on any atom is 0.335 e. The Bertz CT molecular complexity index is 807. The van der Waals surface area contributed by atoms with Crippen LogP contribution in [0.15, 0.2) is 30.3 Å². The molecule has 0 radical (unpaired) electrons. The smallest absolute Gasteiger partial charge is 0.335 e. The van der Waals surface area contributed by atoms with Gasteiger partial charge in [0.25, 0.3) is 0 Å². The van der Waals surface area contributed by atoms with Crippen LogP contribution in [0.5, 0.6) is 5.75 Å². The van der Waals surface area contributed by atoms with Gasteiger partial charge in [0.2, 0.25) is 0 Å². The van der Waals surface area contributed by atoms with Gasteiger partial charge in [-0.25, -0.2) is 4.79 Å². The molecule has 1 heterocycles. The van der Waals surface area contributed by atoms with E-state index in [1.807, 2.05) is 19.2 Å². The van der Waals surface area contributed by atoms with Gasteiger partial charge in [0, 0.05) is 29.4 Å². The molecule has 0 spiro atoms. The fourth-order valence-electron chi connectivity index (χ4n) is 3.21. The molecule has 0 saturated heterocycles. The molecule has 1 aliphatic heterocycles. The van der Waals surface area contributed by atoms with Crippen LogP contribution in [0.4, 0.5) is 11.4 Å². The molecular weight excluding hydrogens is 302 g/mol. The largest absolute Gasteiger partial charge is 0.492 e. The van der Waals surface area contributed by atoms with Gasteiger partial charge in [-0.1, -0.05) is 13.8 Å². The van der Waals surface area contributed by atoms with Crippen LogP contribution in [0.1, 0.15) is 40.9 Å². The number of nitrogens with zero attached hydrogens (tertiary/aromatic N) is 1. The van der Waals surface area contributed by atoms with E-state index >= 15 is 0 Å². The predicted molar refractivity (Wildman–Crippen MR) is 95.9 cm³/mol. The molecule has 126 valence electrons. The fraction of sp³-hybridized carbons (Fsp3) is 0.350. The van der Waals surface area contributed by atoms with Crippen molar-refractivity contribution in [2.75, 3.05) is 18.6 Å². The van der Waals surface area contributed by atoms with Crippen molar-refractivity contribution in [3.05, 3.63) is 52.6 Å². The van der Waals surface area contributed by atoms with E-state index < -0.39 is 5.97 Å². The average Bonchev–Trinajstić information content (AvgIpc) is 2.85. The summed E-state index contributed by atoms with van der Waals surface area (Å²) in [6.45, 7) is 9.28. The Morgan fingerprint density at radius 2 is 1.79 bits per heavy atom. The van der Waals surface area contributed by atoms with Crippen LogP contribution >= 0.6 is 0 Å². The van der Waals surface area contributed by atoms with Gasteiger partial charge in [0.1, 0.15) is 5.75 Å². The first-order valence-corrected chi connectivity index (χ1v) is 8.07. The lowest BCUT2D eigenvalue weighted by molar-refractivity contribution is 0.0697. The zero-order valence-corrected chi connectivity index (χ0v) is 14.8. The molecule has 0 bridgehead atoms. The van der Waals surface area contributed by atoms with Crippen LogP contribution in [-0.2, 0) is 5.41 Å². The third-order valence-electron chi connectivity index (χ3n) is 4.98. The summed E-state index contributed by atoms with van der Waals surface area (Å²) in [4.78, 5) is 13.1. The SMILES string of the molecule is Cc1c(N(C)c2ccc(C(=O)O)cc2)cc2c(c1C)OCC2(C)C.